The van der Waals surface area contributed by atoms with E-state index in [0.717, 1.165) is 24.6 Å². The van der Waals surface area contributed by atoms with Crippen molar-refractivity contribution < 1.29 is 0 Å². The molecule has 0 saturated carbocycles. The highest BCUT2D eigenvalue weighted by molar-refractivity contribution is 5.48. The Morgan fingerprint density at radius 1 is 1.47 bits per heavy atom. The smallest absolute Gasteiger partial charge is 0.128 e. The average molecular weight is 206 g/mol. The van der Waals surface area contributed by atoms with Gasteiger partial charge in [0.15, 0.2) is 0 Å². The fraction of sp³-hybridized carbons (Fsp3) is 0.545. The van der Waals surface area contributed by atoms with E-state index in [1.807, 2.05) is 6.07 Å². The SMILES string of the molecule is CN1CCC(Nc2cc(N)ccn2)CC1. The van der Waals surface area contributed by atoms with E-state index >= 15 is 0 Å². The summed E-state index contributed by atoms with van der Waals surface area (Å²) in [5.74, 6) is 0.893. The largest absolute Gasteiger partial charge is 0.399 e. The first-order chi connectivity index (χ1) is 7.24. The Morgan fingerprint density at radius 2 is 2.20 bits per heavy atom. The van der Waals surface area contributed by atoms with Crippen LogP contribution in [-0.2, 0) is 0 Å². The highest BCUT2D eigenvalue weighted by atomic mass is 15.1. The minimum Gasteiger partial charge on any atom is -0.399 e. The van der Waals surface area contributed by atoms with Gasteiger partial charge in [-0.05, 0) is 39.0 Å². The van der Waals surface area contributed by atoms with Crippen LogP contribution in [0.15, 0.2) is 18.3 Å². The molecule has 0 atom stereocenters. The molecule has 1 aromatic heterocycles. The number of nitrogens with one attached hydrogen (secondary N) is 1. The number of piperidine rings is 1. The van der Waals surface area contributed by atoms with Crippen molar-refractivity contribution >= 4 is 11.5 Å². The Hall–Kier alpha value is -1.29. The van der Waals surface area contributed by atoms with Crippen LogP contribution < -0.4 is 11.1 Å². The quantitative estimate of drug-likeness (QED) is 0.762. The number of hydrogen-bond donors (Lipinski definition) is 2. The number of hydrogen-bond acceptors (Lipinski definition) is 4. The van der Waals surface area contributed by atoms with Gasteiger partial charge in [0.05, 0.1) is 0 Å². The third-order valence-electron chi connectivity index (χ3n) is 2.85. The molecule has 1 fully saturated rings. The molecule has 0 amide bonds. The molecule has 2 rings (SSSR count). The van der Waals surface area contributed by atoms with Gasteiger partial charge in [0, 0.05) is 24.0 Å². The maximum absolute atomic E-state index is 5.70. The normalized spacial score (nSPS) is 19.0. The van der Waals surface area contributed by atoms with Crippen molar-refractivity contribution in [3.63, 3.8) is 0 Å². The number of pyridine rings is 1. The first kappa shape index (κ1) is 10.2. The van der Waals surface area contributed by atoms with Crippen LogP contribution in [0.25, 0.3) is 0 Å². The number of nitrogens with two attached hydrogens (primary N) is 1. The monoisotopic (exact) mass is 206 g/mol. The average Bonchev–Trinajstić information content (AvgIpc) is 2.22. The molecule has 1 aliphatic heterocycles. The summed E-state index contributed by atoms with van der Waals surface area (Å²) in [4.78, 5) is 6.60. The molecule has 1 saturated heterocycles. The fourth-order valence-corrected chi connectivity index (χ4v) is 1.89. The molecule has 0 unspecified atom stereocenters. The maximum Gasteiger partial charge on any atom is 0.128 e. The predicted octanol–water partition coefficient (Wildman–Crippen LogP) is 1.17. The van der Waals surface area contributed by atoms with Crippen molar-refractivity contribution in [3.8, 4) is 0 Å². The van der Waals surface area contributed by atoms with Gasteiger partial charge in [-0.15, -0.1) is 0 Å². The lowest BCUT2D eigenvalue weighted by atomic mass is 10.1. The van der Waals surface area contributed by atoms with Gasteiger partial charge in [-0.1, -0.05) is 0 Å². The fourth-order valence-electron chi connectivity index (χ4n) is 1.89. The maximum atomic E-state index is 5.70. The molecule has 0 aliphatic carbocycles. The van der Waals surface area contributed by atoms with E-state index in [-0.39, 0.29) is 0 Å². The topological polar surface area (TPSA) is 54.2 Å². The van der Waals surface area contributed by atoms with Crippen LogP contribution in [0.2, 0.25) is 0 Å². The number of aromatic nitrogens is 1. The van der Waals surface area contributed by atoms with Gasteiger partial charge in [0.1, 0.15) is 5.82 Å². The minimum absolute atomic E-state index is 0.538. The summed E-state index contributed by atoms with van der Waals surface area (Å²) >= 11 is 0. The van der Waals surface area contributed by atoms with Crippen molar-refractivity contribution in [3.05, 3.63) is 18.3 Å². The van der Waals surface area contributed by atoms with Crippen molar-refractivity contribution in [1.82, 2.24) is 9.88 Å². The second-order valence-corrected chi connectivity index (χ2v) is 4.20. The highest BCUT2D eigenvalue weighted by Crippen LogP contribution is 2.15. The second-order valence-electron chi connectivity index (χ2n) is 4.20. The third-order valence-corrected chi connectivity index (χ3v) is 2.85. The lowest BCUT2D eigenvalue weighted by Gasteiger charge is -2.29. The molecule has 4 nitrogen and oxygen atoms in total. The molecular formula is C11H18N4. The molecule has 1 aromatic rings. The summed E-state index contributed by atoms with van der Waals surface area (Å²) in [5, 5.41) is 3.42. The van der Waals surface area contributed by atoms with E-state index in [1.54, 1.807) is 12.3 Å². The van der Waals surface area contributed by atoms with Gasteiger partial charge in [0.25, 0.3) is 0 Å². The molecule has 1 aliphatic rings. The van der Waals surface area contributed by atoms with Crippen LogP contribution in [-0.4, -0.2) is 36.1 Å². The van der Waals surface area contributed by atoms with E-state index in [9.17, 15) is 0 Å². The first-order valence-electron chi connectivity index (χ1n) is 5.40. The molecule has 15 heavy (non-hydrogen) atoms. The zero-order chi connectivity index (χ0) is 10.7. The van der Waals surface area contributed by atoms with E-state index in [1.165, 1.54) is 12.8 Å². The van der Waals surface area contributed by atoms with E-state index in [0.29, 0.717) is 6.04 Å². The summed E-state index contributed by atoms with van der Waals surface area (Å²) in [5.41, 5.74) is 6.46. The Morgan fingerprint density at radius 3 is 2.87 bits per heavy atom. The van der Waals surface area contributed by atoms with E-state index in [2.05, 4.69) is 22.2 Å². The van der Waals surface area contributed by atoms with Gasteiger partial charge in [0.2, 0.25) is 0 Å². The van der Waals surface area contributed by atoms with Gasteiger partial charge in [-0.3, -0.25) is 0 Å². The minimum atomic E-state index is 0.538. The van der Waals surface area contributed by atoms with E-state index in [4.69, 9.17) is 5.73 Å². The zero-order valence-corrected chi connectivity index (χ0v) is 9.11. The van der Waals surface area contributed by atoms with Crippen molar-refractivity contribution in [2.45, 2.75) is 18.9 Å². The zero-order valence-electron chi connectivity index (χ0n) is 9.11. The van der Waals surface area contributed by atoms with E-state index < -0.39 is 0 Å². The van der Waals surface area contributed by atoms with Crippen molar-refractivity contribution in [1.29, 1.82) is 0 Å². The first-order valence-corrected chi connectivity index (χ1v) is 5.40. The summed E-state index contributed by atoms with van der Waals surface area (Å²) in [6.07, 6.45) is 4.09. The predicted molar refractivity (Wildman–Crippen MR) is 62.8 cm³/mol. The molecule has 0 radical (unpaired) electrons. The van der Waals surface area contributed by atoms with Crippen molar-refractivity contribution in [2.24, 2.45) is 0 Å². The molecule has 82 valence electrons. The molecule has 0 aromatic carbocycles. The summed E-state index contributed by atoms with van der Waals surface area (Å²) < 4.78 is 0. The summed E-state index contributed by atoms with van der Waals surface area (Å²) in [6.45, 7) is 2.31. The third kappa shape index (κ3) is 2.83. The van der Waals surface area contributed by atoms with Gasteiger partial charge in [-0.25, -0.2) is 4.98 Å². The standard InChI is InChI=1S/C11H18N4/c1-15-6-3-10(4-7-15)14-11-8-9(12)2-5-13-11/h2,5,8,10H,3-4,6-7H2,1H3,(H3,12,13,14). The molecule has 0 spiro atoms. The number of nitrogens with zero attached hydrogens (tertiary/aromatic N) is 2. The number of anilines is 2. The van der Waals surface area contributed by atoms with Crippen LogP contribution in [0.1, 0.15) is 12.8 Å². The molecule has 0 bridgehead atoms. The number of rotatable bonds is 2. The molecular weight excluding hydrogens is 188 g/mol. The van der Waals surface area contributed by atoms with Crippen LogP contribution in [0, 0.1) is 0 Å². The lowest BCUT2D eigenvalue weighted by Crippen LogP contribution is -2.36. The van der Waals surface area contributed by atoms with Gasteiger partial charge >= 0.3 is 0 Å². The number of likely N-dealkylation sites (tertiary alicyclic amines) is 1. The van der Waals surface area contributed by atoms with Crippen LogP contribution >= 0.6 is 0 Å². The van der Waals surface area contributed by atoms with Gasteiger partial charge < -0.3 is 16.0 Å². The van der Waals surface area contributed by atoms with Crippen molar-refractivity contribution in [2.75, 3.05) is 31.2 Å². The Kier molecular flexibility index (Phi) is 3.06. The Labute approximate surface area is 90.5 Å². The van der Waals surface area contributed by atoms with Crippen LogP contribution in [0.5, 0.6) is 0 Å². The highest BCUT2D eigenvalue weighted by Gasteiger charge is 2.16. The van der Waals surface area contributed by atoms with Crippen LogP contribution in [0.3, 0.4) is 0 Å². The Bertz CT molecular complexity index is 318. The molecule has 3 N–H and O–H groups in total. The summed E-state index contributed by atoms with van der Waals surface area (Å²) in [7, 11) is 2.16. The Balaban J connectivity index is 1.92. The molecule has 2 heterocycles. The lowest BCUT2D eigenvalue weighted by molar-refractivity contribution is 0.263. The second kappa shape index (κ2) is 4.49. The summed E-state index contributed by atoms with van der Waals surface area (Å²) in [6, 6.07) is 4.23. The molecule has 4 heteroatoms. The van der Waals surface area contributed by atoms with Gasteiger partial charge in [-0.2, -0.15) is 0 Å². The number of nitrogen functional groups attached to an aromatic ring is 1. The van der Waals surface area contributed by atoms with Crippen LogP contribution in [0.4, 0.5) is 11.5 Å².